The highest BCUT2D eigenvalue weighted by atomic mass is 35.5. The van der Waals surface area contributed by atoms with Crippen LogP contribution in [0.15, 0.2) is 41.8 Å². The topological polar surface area (TPSA) is 17.1 Å². The lowest BCUT2D eigenvalue weighted by molar-refractivity contribution is 0.0936. The van der Waals surface area contributed by atoms with E-state index >= 15 is 0 Å². The second kappa shape index (κ2) is 6.36. The van der Waals surface area contributed by atoms with E-state index in [0.29, 0.717) is 15.8 Å². The van der Waals surface area contributed by atoms with Crippen molar-refractivity contribution >= 4 is 28.7 Å². The SMILES string of the molecule is CCC(C)C(C(=O)c1sccc1Cl)c1ccccc1. The van der Waals surface area contributed by atoms with Crippen molar-refractivity contribution in [3.05, 3.63) is 57.2 Å². The molecule has 1 aromatic heterocycles. The first-order valence-corrected chi connectivity index (χ1v) is 7.73. The molecule has 0 saturated heterocycles. The molecule has 100 valence electrons. The predicted molar refractivity (Wildman–Crippen MR) is 82.3 cm³/mol. The molecular formula is C16H17ClOS. The molecule has 19 heavy (non-hydrogen) atoms. The van der Waals surface area contributed by atoms with E-state index in [9.17, 15) is 4.79 Å². The van der Waals surface area contributed by atoms with Crippen molar-refractivity contribution in [2.75, 3.05) is 0 Å². The first-order chi connectivity index (χ1) is 9.15. The molecule has 1 aromatic carbocycles. The summed E-state index contributed by atoms with van der Waals surface area (Å²) in [5, 5.41) is 2.44. The first kappa shape index (κ1) is 14.3. The molecule has 3 heteroatoms. The maximum atomic E-state index is 12.8. The minimum atomic E-state index is -0.109. The van der Waals surface area contributed by atoms with E-state index in [4.69, 9.17) is 11.6 Å². The van der Waals surface area contributed by atoms with Crippen molar-refractivity contribution in [3.8, 4) is 0 Å². The first-order valence-electron chi connectivity index (χ1n) is 6.47. The van der Waals surface area contributed by atoms with Crippen LogP contribution in [0.3, 0.4) is 0 Å². The summed E-state index contributed by atoms with van der Waals surface area (Å²) >= 11 is 7.53. The van der Waals surface area contributed by atoms with Crippen LogP contribution in [0, 0.1) is 5.92 Å². The summed E-state index contributed by atoms with van der Waals surface area (Å²) < 4.78 is 0. The van der Waals surface area contributed by atoms with Crippen LogP contribution in [0.4, 0.5) is 0 Å². The molecule has 0 fully saturated rings. The van der Waals surface area contributed by atoms with Crippen LogP contribution in [0.5, 0.6) is 0 Å². The summed E-state index contributed by atoms with van der Waals surface area (Å²) in [5.41, 5.74) is 1.08. The van der Waals surface area contributed by atoms with E-state index < -0.39 is 0 Å². The zero-order chi connectivity index (χ0) is 13.8. The average molecular weight is 293 g/mol. The average Bonchev–Trinajstić information content (AvgIpc) is 2.86. The van der Waals surface area contributed by atoms with E-state index in [1.807, 2.05) is 35.7 Å². The number of carbonyl (C=O) groups excluding carboxylic acids is 1. The van der Waals surface area contributed by atoms with Gasteiger partial charge in [-0.1, -0.05) is 62.2 Å². The number of ketones is 1. The Labute approximate surface area is 123 Å². The Morgan fingerprint density at radius 2 is 1.95 bits per heavy atom. The van der Waals surface area contributed by atoms with Crippen molar-refractivity contribution in [1.82, 2.24) is 0 Å². The predicted octanol–water partition coefficient (Wildman–Crippen LogP) is 5.41. The summed E-state index contributed by atoms with van der Waals surface area (Å²) in [4.78, 5) is 13.4. The van der Waals surface area contributed by atoms with Crippen molar-refractivity contribution in [2.45, 2.75) is 26.2 Å². The number of hydrogen-bond acceptors (Lipinski definition) is 2. The van der Waals surface area contributed by atoms with Gasteiger partial charge < -0.3 is 0 Å². The molecule has 0 aliphatic carbocycles. The highest BCUT2D eigenvalue weighted by Gasteiger charge is 2.28. The molecular weight excluding hydrogens is 276 g/mol. The van der Waals surface area contributed by atoms with Gasteiger partial charge in [0.2, 0.25) is 0 Å². The molecule has 2 atom stereocenters. The molecule has 2 unspecified atom stereocenters. The standard InChI is InChI=1S/C16H17ClOS/c1-3-11(2)14(12-7-5-4-6-8-12)15(18)16-13(17)9-10-19-16/h4-11,14H,3H2,1-2H3. The van der Waals surface area contributed by atoms with E-state index in [1.165, 1.54) is 11.3 Å². The van der Waals surface area contributed by atoms with Gasteiger partial charge in [-0.15, -0.1) is 11.3 Å². The Balaban J connectivity index is 2.39. The van der Waals surface area contributed by atoms with Gasteiger partial charge in [-0.25, -0.2) is 0 Å². The number of rotatable bonds is 5. The van der Waals surface area contributed by atoms with Gasteiger partial charge in [0.15, 0.2) is 5.78 Å². The maximum absolute atomic E-state index is 12.8. The van der Waals surface area contributed by atoms with Crippen LogP contribution < -0.4 is 0 Å². The molecule has 0 aliphatic rings. The molecule has 0 saturated carbocycles. The summed E-state index contributed by atoms with van der Waals surface area (Å²) in [7, 11) is 0. The highest BCUT2D eigenvalue weighted by molar-refractivity contribution is 7.12. The van der Waals surface area contributed by atoms with E-state index in [-0.39, 0.29) is 11.7 Å². The third-order valence-electron chi connectivity index (χ3n) is 3.50. The Hall–Kier alpha value is -1.12. The zero-order valence-electron chi connectivity index (χ0n) is 11.1. The van der Waals surface area contributed by atoms with Crippen LogP contribution in [-0.2, 0) is 0 Å². The summed E-state index contributed by atoms with van der Waals surface area (Å²) in [6.45, 7) is 4.24. The Morgan fingerprint density at radius 1 is 1.26 bits per heavy atom. The summed E-state index contributed by atoms with van der Waals surface area (Å²) in [6.07, 6.45) is 0.967. The number of hydrogen-bond donors (Lipinski definition) is 0. The molecule has 1 nitrogen and oxygen atoms in total. The second-order valence-corrected chi connectivity index (χ2v) is 6.06. The molecule has 2 rings (SSSR count). The van der Waals surface area contributed by atoms with Gasteiger partial charge in [0.25, 0.3) is 0 Å². The molecule has 0 spiro atoms. The van der Waals surface area contributed by atoms with Crippen molar-refractivity contribution in [1.29, 1.82) is 0 Å². The Morgan fingerprint density at radius 3 is 2.47 bits per heavy atom. The number of Topliss-reactive ketones (excluding diaryl/α,β-unsaturated/α-hetero) is 1. The highest BCUT2D eigenvalue weighted by Crippen LogP contribution is 2.34. The number of thiophene rings is 1. The Kier molecular flexibility index (Phi) is 4.78. The van der Waals surface area contributed by atoms with Gasteiger partial charge >= 0.3 is 0 Å². The monoisotopic (exact) mass is 292 g/mol. The van der Waals surface area contributed by atoms with Gasteiger partial charge in [0.1, 0.15) is 0 Å². The van der Waals surface area contributed by atoms with Gasteiger partial charge in [-0.05, 0) is 22.9 Å². The number of carbonyl (C=O) groups is 1. The lowest BCUT2D eigenvalue weighted by Crippen LogP contribution is -2.19. The second-order valence-electron chi connectivity index (χ2n) is 4.74. The van der Waals surface area contributed by atoms with Crippen LogP contribution in [0.1, 0.15) is 41.4 Å². The van der Waals surface area contributed by atoms with Crippen molar-refractivity contribution < 1.29 is 4.79 Å². The fourth-order valence-corrected chi connectivity index (χ4v) is 3.37. The van der Waals surface area contributed by atoms with E-state index in [2.05, 4.69) is 13.8 Å². The van der Waals surface area contributed by atoms with Crippen molar-refractivity contribution in [2.24, 2.45) is 5.92 Å². The maximum Gasteiger partial charge on any atom is 0.181 e. The Bertz CT molecular complexity index is 547. The zero-order valence-corrected chi connectivity index (χ0v) is 12.7. The van der Waals surface area contributed by atoms with Crippen LogP contribution >= 0.6 is 22.9 Å². The number of benzene rings is 1. The molecule has 0 N–H and O–H groups in total. The van der Waals surface area contributed by atoms with E-state index in [0.717, 1.165) is 12.0 Å². The molecule has 0 bridgehead atoms. The van der Waals surface area contributed by atoms with Gasteiger partial charge in [0.05, 0.1) is 15.8 Å². The van der Waals surface area contributed by atoms with Gasteiger partial charge in [-0.3, -0.25) is 4.79 Å². The van der Waals surface area contributed by atoms with Gasteiger partial charge in [0, 0.05) is 0 Å². The van der Waals surface area contributed by atoms with Gasteiger partial charge in [-0.2, -0.15) is 0 Å². The largest absolute Gasteiger partial charge is 0.293 e. The normalized spacial score (nSPS) is 14.1. The van der Waals surface area contributed by atoms with E-state index in [1.54, 1.807) is 6.07 Å². The minimum Gasteiger partial charge on any atom is -0.293 e. The van der Waals surface area contributed by atoms with Crippen LogP contribution in [0.2, 0.25) is 5.02 Å². The lowest BCUT2D eigenvalue weighted by atomic mass is 9.82. The van der Waals surface area contributed by atoms with Crippen LogP contribution in [-0.4, -0.2) is 5.78 Å². The van der Waals surface area contributed by atoms with Crippen molar-refractivity contribution in [3.63, 3.8) is 0 Å². The lowest BCUT2D eigenvalue weighted by Gasteiger charge is -2.22. The fraction of sp³-hybridized carbons (Fsp3) is 0.312. The molecule has 2 aromatic rings. The number of halogens is 1. The molecule has 1 heterocycles. The summed E-state index contributed by atoms with van der Waals surface area (Å²) in [5.74, 6) is 0.330. The molecule has 0 amide bonds. The molecule has 0 radical (unpaired) electrons. The minimum absolute atomic E-state index is 0.109. The summed E-state index contributed by atoms with van der Waals surface area (Å²) in [6, 6.07) is 11.8. The molecule has 0 aliphatic heterocycles. The van der Waals surface area contributed by atoms with Crippen LogP contribution in [0.25, 0.3) is 0 Å². The third kappa shape index (κ3) is 3.07. The third-order valence-corrected chi connectivity index (χ3v) is 4.85. The fourth-order valence-electron chi connectivity index (χ4n) is 2.25. The smallest absolute Gasteiger partial charge is 0.181 e. The quantitative estimate of drug-likeness (QED) is 0.673.